The molecule has 1 atom stereocenters. The van der Waals surface area contributed by atoms with Crippen LogP contribution >= 0.6 is 0 Å². The zero-order valence-corrected chi connectivity index (χ0v) is 16.0. The number of hydrogen-bond donors (Lipinski definition) is 3. The minimum Gasteiger partial charge on any atom is -0.508 e. The van der Waals surface area contributed by atoms with Gasteiger partial charge >= 0.3 is 0 Å². The van der Waals surface area contributed by atoms with E-state index >= 15 is 0 Å². The van der Waals surface area contributed by atoms with Gasteiger partial charge in [-0.1, -0.05) is 0 Å². The van der Waals surface area contributed by atoms with E-state index in [1.807, 2.05) is 14.1 Å². The van der Waals surface area contributed by atoms with E-state index < -0.39 is 23.6 Å². The number of benzene rings is 2. The molecule has 156 valence electrons. The van der Waals surface area contributed by atoms with Gasteiger partial charge in [-0.2, -0.15) is 0 Å². The number of aliphatic hydroxyl groups excluding tert-OH is 1. The summed E-state index contributed by atoms with van der Waals surface area (Å²) in [6.07, 6.45) is -0.777. The topological polar surface area (TPSA) is 78.8 Å². The zero-order chi connectivity index (χ0) is 21.3. The van der Waals surface area contributed by atoms with E-state index in [4.69, 9.17) is 4.74 Å². The van der Waals surface area contributed by atoms with Crippen LogP contribution in [0.25, 0.3) is 0 Å². The molecule has 0 radical (unpaired) electrons. The quantitative estimate of drug-likeness (QED) is 0.504. The first-order chi connectivity index (χ1) is 13.6. The second kappa shape index (κ2) is 7.92. The van der Waals surface area contributed by atoms with Crippen LogP contribution in [0.15, 0.2) is 24.3 Å². The third-order valence-electron chi connectivity index (χ3n) is 4.80. The fourth-order valence-corrected chi connectivity index (χ4v) is 3.30. The zero-order valence-electron chi connectivity index (χ0n) is 16.0. The van der Waals surface area contributed by atoms with E-state index in [0.717, 1.165) is 12.1 Å². The van der Waals surface area contributed by atoms with Gasteiger partial charge in [-0.25, -0.2) is 13.2 Å². The van der Waals surface area contributed by atoms with Crippen molar-refractivity contribution in [1.29, 1.82) is 0 Å². The van der Waals surface area contributed by atoms with Crippen LogP contribution in [0.5, 0.6) is 11.5 Å². The highest BCUT2D eigenvalue weighted by Crippen LogP contribution is 2.39. The molecule has 3 N–H and O–H groups in total. The van der Waals surface area contributed by atoms with Crippen molar-refractivity contribution in [2.45, 2.75) is 12.5 Å². The molecule has 1 amide bonds. The Kier molecular flexibility index (Phi) is 5.72. The Hall–Kier alpha value is -2.78. The van der Waals surface area contributed by atoms with Gasteiger partial charge in [0.2, 0.25) is 0 Å². The smallest absolute Gasteiger partial charge is 0.262 e. The number of anilines is 1. The summed E-state index contributed by atoms with van der Waals surface area (Å²) >= 11 is 0. The molecule has 0 saturated carbocycles. The first-order valence-corrected chi connectivity index (χ1v) is 8.99. The predicted molar refractivity (Wildman–Crippen MR) is 99.1 cm³/mol. The van der Waals surface area contributed by atoms with Crippen LogP contribution in [0.3, 0.4) is 0 Å². The molecule has 1 aliphatic heterocycles. The van der Waals surface area contributed by atoms with Gasteiger partial charge < -0.3 is 24.7 Å². The first-order valence-electron chi connectivity index (χ1n) is 8.99. The molecule has 0 aromatic heterocycles. The average molecular weight is 411 g/mol. The number of carbonyl (C=O) groups excluding carboxylic acids is 1. The summed E-state index contributed by atoms with van der Waals surface area (Å²) in [7, 11) is 3.63. The Morgan fingerprint density at radius 1 is 1.17 bits per heavy atom. The van der Waals surface area contributed by atoms with E-state index in [2.05, 4.69) is 5.32 Å². The SMILES string of the molecule is C[N+](C)(CCc1cc(F)c(F)c(F)c1)CC(O)c1cc(O)cc2c1OCC(=O)N2. The maximum atomic E-state index is 13.4. The second-order valence-corrected chi connectivity index (χ2v) is 7.73. The third-order valence-corrected chi connectivity index (χ3v) is 4.80. The molecule has 1 aliphatic rings. The molecule has 29 heavy (non-hydrogen) atoms. The van der Waals surface area contributed by atoms with Gasteiger partial charge in [-0.3, -0.25) is 4.79 Å². The molecule has 1 unspecified atom stereocenters. The Balaban J connectivity index is 1.73. The van der Waals surface area contributed by atoms with E-state index in [9.17, 15) is 28.2 Å². The first kappa shape index (κ1) is 20.9. The van der Waals surface area contributed by atoms with E-state index in [0.29, 0.717) is 17.7 Å². The summed E-state index contributed by atoms with van der Waals surface area (Å²) in [5.41, 5.74) is 0.908. The molecule has 6 nitrogen and oxygen atoms in total. The van der Waals surface area contributed by atoms with Crippen LogP contribution in [-0.2, 0) is 11.2 Å². The summed E-state index contributed by atoms with van der Waals surface area (Å²) < 4.78 is 45.6. The number of nitrogens with one attached hydrogen (secondary N) is 1. The third kappa shape index (κ3) is 4.80. The molecule has 1 heterocycles. The Labute approximate surface area is 165 Å². The van der Waals surface area contributed by atoms with Gasteiger partial charge in [0.15, 0.2) is 24.1 Å². The highest BCUT2D eigenvalue weighted by atomic mass is 19.2. The lowest BCUT2D eigenvalue weighted by Gasteiger charge is -2.33. The fourth-order valence-electron chi connectivity index (χ4n) is 3.30. The molecule has 9 heteroatoms. The number of ether oxygens (including phenoxy) is 1. The minimum atomic E-state index is -1.50. The minimum absolute atomic E-state index is 0.133. The number of carbonyl (C=O) groups is 1. The number of likely N-dealkylation sites (N-methyl/N-ethyl adjacent to an activating group) is 1. The molecule has 0 saturated heterocycles. The molecule has 2 aromatic carbocycles. The summed E-state index contributed by atoms with van der Waals surface area (Å²) in [6, 6.07) is 4.61. The van der Waals surface area contributed by atoms with Crippen LogP contribution in [0.4, 0.5) is 18.9 Å². The van der Waals surface area contributed by atoms with Gasteiger partial charge in [0.05, 0.1) is 26.3 Å². The van der Waals surface area contributed by atoms with Crippen molar-refractivity contribution < 1.29 is 37.4 Å². The number of nitrogens with zero attached hydrogens (tertiary/aromatic N) is 1. The lowest BCUT2D eigenvalue weighted by Crippen LogP contribution is -2.44. The number of halogens is 3. The highest BCUT2D eigenvalue weighted by Gasteiger charge is 2.29. The van der Waals surface area contributed by atoms with Crippen molar-refractivity contribution in [3.63, 3.8) is 0 Å². The van der Waals surface area contributed by atoms with Gasteiger partial charge in [-0.05, 0) is 23.8 Å². The largest absolute Gasteiger partial charge is 0.508 e. The second-order valence-electron chi connectivity index (χ2n) is 7.73. The van der Waals surface area contributed by atoms with E-state index in [1.54, 1.807) is 0 Å². The Bertz CT molecular complexity index is 927. The van der Waals surface area contributed by atoms with Crippen LogP contribution in [0.1, 0.15) is 17.2 Å². The molecule has 3 rings (SSSR count). The Morgan fingerprint density at radius 2 is 1.83 bits per heavy atom. The molecule has 0 aliphatic carbocycles. The standard InChI is InChI=1S/C20H21F3N2O4/c1-25(2,4-3-11-5-14(21)19(23)15(22)6-11)9-17(27)13-7-12(26)8-16-20(13)29-10-18(28)24-16/h5-8,17,27H,3-4,9-10H2,1-2H3,(H-,24,26,28)/p+1. The number of phenolic OH excluding ortho intramolecular Hbond substituents is 1. The Morgan fingerprint density at radius 3 is 2.48 bits per heavy atom. The van der Waals surface area contributed by atoms with Crippen LogP contribution in [-0.4, -0.2) is 54.4 Å². The monoisotopic (exact) mass is 411 g/mol. The normalized spacial score (nSPS) is 14.8. The van der Waals surface area contributed by atoms with Crippen molar-refractivity contribution in [2.75, 3.05) is 39.1 Å². The van der Waals surface area contributed by atoms with Gasteiger partial charge in [0.25, 0.3) is 5.91 Å². The number of aliphatic hydroxyl groups is 1. The maximum absolute atomic E-state index is 13.4. The number of fused-ring (bicyclic) bond motifs is 1. The number of hydrogen-bond acceptors (Lipinski definition) is 4. The lowest BCUT2D eigenvalue weighted by atomic mass is 10.0. The molecule has 0 bridgehead atoms. The summed E-state index contributed by atoms with van der Waals surface area (Å²) in [6.45, 7) is 0.400. The van der Waals surface area contributed by atoms with Crippen LogP contribution < -0.4 is 10.1 Å². The van der Waals surface area contributed by atoms with Crippen molar-refractivity contribution in [1.82, 2.24) is 0 Å². The molecular weight excluding hydrogens is 389 g/mol. The fraction of sp³-hybridized carbons (Fsp3) is 0.350. The molecule has 2 aromatic rings. The summed E-state index contributed by atoms with van der Waals surface area (Å²) in [5.74, 6) is -4.19. The van der Waals surface area contributed by atoms with Crippen molar-refractivity contribution in [3.05, 3.63) is 52.8 Å². The number of rotatable bonds is 6. The van der Waals surface area contributed by atoms with E-state index in [-0.39, 0.29) is 47.1 Å². The van der Waals surface area contributed by atoms with Crippen molar-refractivity contribution in [3.8, 4) is 11.5 Å². The maximum Gasteiger partial charge on any atom is 0.262 e. The van der Waals surface area contributed by atoms with Crippen LogP contribution in [0.2, 0.25) is 0 Å². The number of aromatic hydroxyl groups is 1. The predicted octanol–water partition coefficient (Wildman–Crippen LogP) is 2.49. The highest BCUT2D eigenvalue weighted by molar-refractivity contribution is 5.96. The van der Waals surface area contributed by atoms with Gasteiger partial charge in [0, 0.05) is 18.1 Å². The number of quaternary nitrogens is 1. The van der Waals surface area contributed by atoms with E-state index in [1.165, 1.54) is 12.1 Å². The molecule has 0 spiro atoms. The summed E-state index contributed by atoms with van der Waals surface area (Å²) in [5, 5.41) is 23.2. The van der Waals surface area contributed by atoms with Crippen LogP contribution in [0, 0.1) is 17.5 Å². The van der Waals surface area contributed by atoms with Gasteiger partial charge in [-0.15, -0.1) is 0 Å². The number of amides is 1. The lowest BCUT2D eigenvalue weighted by molar-refractivity contribution is -0.893. The van der Waals surface area contributed by atoms with Crippen molar-refractivity contribution in [2.24, 2.45) is 0 Å². The average Bonchev–Trinajstić information content (AvgIpc) is 2.63. The summed E-state index contributed by atoms with van der Waals surface area (Å²) in [4.78, 5) is 11.5. The van der Waals surface area contributed by atoms with Gasteiger partial charge in [0.1, 0.15) is 24.1 Å². The van der Waals surface area contributed by atoms with Crippen molar-refractivity contribution >= 4 is 11.6 Å². The molecule has 0 fully saturated rings. The number of phenols is 1. The molecular formula is C20H22F3N2O4+.